The summed E-state index contributed by atoms with van der Waals surface area (Å²) in [6, 6.07) is 7.41. The van der Waals surface area contributed by atoms with Gasteiger partial charge in [0, 0.05) is 10.4 Å². The second-order valence-corrected chi connectivity index (χ2v) is 7.46. The van der Waals surface area contributed by atoms with Crippen molar-refractivity contribution in [3.63, 3.8) is 0 Å². The van der Waals surface area contributed by atoms with Crippen LogP contribution in [0.2, 0.25) is 0 Å². The molecule has 0 atom stereocenters. The van der Waals surface area contributed by atoms with Crippen LogP contribution in [0.25, 0.3) is 22.4 Å². The highest BCUT2D eigenvalue weighted by molar-refractivity contribution is 7.15. The topological polar surface area (TPSA) is 75.0 Å². The van der Waals surface area contributed by atoms with E-state index in [4.69, 9.17) is 14.2 Å². The van der Waals surface area contributed by atoms with E-state index in [2.05, 4.69) is 10.1 Å². The SMILES string of the molecule is COc1cc(-c2nc3s/c(=C\c4cccs4)c(=O)n3n2)cc(OC)c1OC. The van der Waals surface area contributed by atoms with Gasteiger partial charge < -0.3 is 14.2 Å². The van der Waals surface area contributed by atoms with Crippen LogP contribution in [0.5, 0.6) is 17.2 Å². The van der Waals surface area contributed by atoms with Crippen molar-refractivity contribution in [1.82, 2.24) is 14.6 Å². The Morgan fingerprint density at radius 2 is 1.85 bits per heavy atom. The van der Waals surface area contributed by atoms with Crippen molar-refractivity contribution in [2.24, 2.45) is 0 Å². The Morgan fingerprint density at radius 3 is 2.41 bits per heavy atom. The minimum atomic E-state index is -0.186. The van der Waals surface area contributed by atoms with Gasteiger partial charge in [-0.2, -0.15) is 9.50 Å². The summed E-state index contributed by atoms with van der Waals surface area (Å²) < 4.78 is 18.0. The number of hydrogen-bond acceptors (Lipinski definition) is 8. The molecule has 0 fully saturated rings. The van der Waals surface area contributed by atoms with Crippen LogP contribution in [-0.4, -0.2) is 35.9 Å². The second kappa shape index (κ2) is 7.01. The van der Waals surface area contributed by atoms with Crippen LogP contribution in [0.1, 0.15) is 4.88 Å². The molecule has 7 nitrogen and oxygen atoms in total. The molecule has 3 heterocycles. The third-order valence-electron chi connectivity index (χ3n) is 3.92. The normalized spacial score (nSPS) is 11.9. The van der Waals surface area contributed by atoms with Crippen LogP contribution in [-0.2, 0) is 0 Å². The van der Waals surface area contributed by atoms with Gasteiger partial charge in [0.1, 0.15) is 0 Å². The summed E-state index contributed by atoms with van der Waals surface area (Å²) in [5, 5.41) is 6.34. The average Bonchev–Trinajstić information content (AvgIpc) is 3.40. The fourth-order valence-corrected chi connectivity index (χ4v) is 4.30. The molecule has 0 aliphatic carbocycles. The van der Waals surface area contributed by atoms with Gasteiger partial charge in [0.05, 0.1) is 25.9 Å². The quantitative estimate of drug-likeness (QED) is 0.511. The predicted molar refractivity (Wildman–Crippen MR) is 105 cm³/mol. The maximum absolute atomic E-state index is 12.6. The lowest BCUT2D eigenvalue weighted by molar-refractivity contribution is 0.324. The Bertz CT molecular complexity index is 1190. The fraction of sp³-hybridized carbons (Fsp3) is 0.167. The fourth-order valence-electron chi connectivity index (χ4n) is 2.67. The summed E-state index contributed by atoms with van der Waals surface area (Å²) in [6.07, 6.45) is 1.85. The van der Waals surface area contributed by atoms with Gasteiger partial charge in [-0.05, 0) is 29.7 Å². The molecule has 3 aromatic heterocycles. The molecule has 9 heteroatoms. The Hall–Kier alpha value is -2.91. The lowest BCUT2D eigenvalue weighted by atomic mass is 10.1. The van der Waals surface area contributed by atoms with Crippen molar-refractivity contribution >= 4 is 33.7 Å². The number of aromatic nitrogens is 3. The minimum Gasteiger partial charge on any atom is -0.493 e. The molecule has 1 aromatic carbocycles. The van der Waals surface area contributed by atoms with Gasteiger partial charge in [-0.1, -0.05) is 17.4 Å². The number of hydrogen-bond donors (Lipinski definition) is 0. The number of thiazole rings is 1. The Labute approximate surface area is 162 Å². The molecule has 27 heavy (non-hydrogen) atoms. The van der Waals surface area contributed by atoms with Gasteiger partial charge in [-0.25, -0.2) is 0 Å². The maximum Gasteiger partial charge on any atom is 0.291 e. The van der Waals surface area contributed by atoms with E-state index in [1.54, 1.807) is 44.8 Å². The van der Waals surface area contributed by atoms with E-state index in [1.807, 2.05) is 23.6 Å². The summed E-state index contributed by atoms with van der Waals surface area (Å²) in [5.74, 6) is 1.90. The first-order valence-corrected chi connectivity index (χ1v) is 9.59. The highest BCUT2D eigenvalue weighted by Crippen LogP contribution is 2.40. The number of ether oxygens (including phenoxy) is 3. The molecule has 0 amide bonds. The molecule has 0 spiro atoms. The van der Waals surface area contributed by atoms with Crippen LogP contribution < -0.4 is 24.3 Å². The second-order valence-electron chi connectivity index (χ2n) is 5.48. The molecular formula is C18H15N3O4S2. The molecule has 0 N–H and O–H groups in total. The zero-order valence-electron chi connectivity index (χ0n) is 14.8. The van der Waals surface area contributed by atoms with Crippen LogP contribution in [0, 0.1) is 0 Å². The first-order chi connectivity index (χ1) is 13.1. The van der Waals surface area contributed by atoms with E-state index in [1.165, 1.54) is 15.9 Å². The van der Waals surface area contributed by atoms with E-state index >= 15 is 0 Å². The molecule has 0 aliphatic heterocycles. The smallest absolute Gasteiger partial charge is 0.291 e. The molecule has 4 rings (SSSR count). The van der Waals surface area contributed by atoms with Crippen molar-refractivity contribution in [3.05, 3.63) is 49.4 Å². The number of benzene rings is 1. The third kappa shape index (κ3) is 3.04. The van der Waals surface area contributed by atoms with Gasteiger partial charge >= 0.3 is 0 Å². The standard InChI is InChI=1S/C18H15N3O4S2/c1-23-12-7-10(8-13(24-2)15(12)25-3)16-19-18-21(20-16)17(22)14(27-18)9-11-5-4-6-26-11/h4-9H,1-3H3/b14-9-. The zero-order valence-corrected chi connectivity index (χ0v) is 16.4. The zero-order chi connectivity index (χ0) is 19.0. The van der Waals surface area contributed by atoms with Crippen LogP contribution in [0.3, 0.4) is 0 Å². The van der Waals surface area contributed by atoms with Crippen molar-refractivity contribution in [2.45, 2.75) is 0 Å². The minimum absolute atomic E-state index is 0.186. The van der Waals surface area contributed by atoms with Crippen LogP contribution in [0.15, 0.2) is 34.4 Å². The number of methoxy groups -OCH3 is 3. The van der Waals surface area contributed by atoms with Gasteiger partial charge in [-0.15, -0.1) is 16.4 Å². The molecule has 4 aromatic rings. The number of thiophene rings is 1. The van der Waals surface area contributed by atoms with E-state index in [0.717, 1.165) is 4.88 Å². The third-order valence-corrected chi connectivity index (χ3v) is 5.70. The monoisotopic (exact) mass is 401 g/mol. The average molecular weight is 401 g/mol. The van der Waals surface area contributed by atoms with Gasteiger partial charge in [0.25, 0.3) is 5.56 Å². The summed E-state index contributed by atoms with van der Waals surface area (Å²) in [4.78, 5) is 18.7. The summed E-state index contributed by atoms with van der Waals surface area (Å²) in [5.41, 5.74) is 0.484. The summed E-state index contributed by atoms with van der Waals surface area (Å²) in [7, 11) is 4.63. The van der Waals surface area contributed by atoms with E-state index in [0.29, 0.717) is 38.1 Å². The van der Waals surface area contributed by atoms with Crippen molar-refractivity contribution in [3.8, 4) is 28.6 Å². The van der Waals surface area contributed by atoms with Crippen molar-refractivity contribution < 1.29 is 14.2 Å². The molecule has 0 aliphatic rings. The lowest BCUT2D eigenvalue weighted by Gasteiger charge is -2.12. The van der Waals surface area contributed by atoms with E-state index in [9.17, 15) is 4.79 Å². The highest BCUT2D eigenvalue weighted by atomic mass is 32.1. The maximum atomic E-state index is 12.6. The molecule has 0 bridgehead atoms. The number of nitrogens with zero attached hydrogens (tertiary/aromatic N) is 3. The first-order valence-electron chi connectivity index (χ1n) is 7.89. The van der Waals surface area contributed by atoms with Crippen molar-refractivity contribution in [1.29, 1.82) is 0 Å². The molecular weight excluding hydrogens is 386 g/mol. The van der Waals surface area contributed by atoms with Crippen molar-refractivity contribution in [2.75, 3.05) is 21.3 Å². The predicted octanol–water partition coefficient (Wildman–Crippen LogP) is 2.45. The molecule has 0 saturated heterocycles. The highest BCUT2D eigenvalue weighted by Gasteiger charge is 2.18. The number of rotatable bonds is 5. The first kappa shape index (κ1) is 17.5. The van der Waals surface area contributed by atoms with Crippen LogP contribution >= 0.6 is 22.7 Å². The Morgan fingerprint density at radius 1 is 1.11 bits per heavy atom. The summed E-state index contributed by atoms with van der Waals surface area (Å²) >= 11 is 2.88. The van der Waals surface area contributed by atoms with Gasteiger partial charge in [0.2, 0.25) is 10.7 Å². The molecule has 0 saturated carbocycles. The molecule has 0 unspecified atom stereocenters. The van der Waals surface area contributed by atoms with Crippen LogP contribution in [0.4, 0.5) is 0 Å². The Kier molecular flexibility index (Phi) is 4.54. The summed E-state index contributed by atoms with van der Waals surface area (Å²) in [6.45, 7) is 0. The molecule has 138 valence electrons. The number of fused-ring (bicyclic) bond motifs is 1. The van der Waals surface area contributed by atoms with Gasteiger partial charge in [0.15, 0.2) is 17.3 Å². The van der Waals surface area contributed by atoms with Gasteiger partial charge in [-0.3, -0.25) is 4.79 Å². The molecule has 0 radical (unpaired) electrons. The largest absolute Gasteiger partial charge is 0.493 e. The lowest BCUT2D eigenvalue weighted by Crippen LogP contribution is -2.23. The van der Waals surface area contributed by atoms with E-state index in [-0.39, 0.29) is 5.56 Å². The Balaban J connectivity index is 1.83. The van der Waals surface area contributed by atoms with E-state index < -0.39 is 0 Å².